The van der Waals surface area contributed by atoms with Crippen molar-refractivity contribution in [3.05, 3.63) is 30.4 Å². The van der Waals surface area contributed by atoms with Gasteiger partial charge in [-0.15, -0.1) is 10.2 Å². The zero-order valence-corrected chi connectivity index (χ0v) is 18.7. The van der Waals surface area contributed by atoms with Crippen LogP contribution in [0.15, 0.2) is 30.4 Å². The van der Waals surface area contributed by atoms with Gasteiger partial charge in [0.25, 0.3) is 0 Å². The van der Waals surface area contributed by atoms with Crippen molar-refractivity contribution in [1.82, 2.24) is 34.5 Å². The van der Waals surface area contributed by atoms with Gasteiger partial charge < -0.3 is 15.0 Å². The number of nitrogens with zero attached hydrogens (tertiary/aromatic N) is 7. The standard InChI is InChI=1S/C22H24F2N8O2/c1-13(33)30-8-6-17(16(24)12-30)25-22-26-21(34-2)20-15(5-9-32(20)28-22)14-3-4-18-19(11-14)31(10-7-23)29-27-18/h3-5,9,11,16-17H,6-8,10,12H2,1-2H3,(H,25,28)/t16-,17+/m1/s1/i9D. The Morgan fingerprint density at radius 2 is 2.24 bits per heavy atom. The lowest BCUT2D eigenvalue weighted by molar-refractivity contribution is -0.131. The third kappa shape index (κ3) is 3.88. The van der Waals surface area contributed by atoms with Crippen molar-refractivity contribution < 1.29 is 19.7 Å². The number of carbonyl (C=O) groups is 1. The van der Waals surface area contributed by atoms with Crippen LogP contribution >= 0.6 is 0 Å². The Balaban J connectivity index is 1.51. The molecule has 0 spiro atoms. The number of aromatic nitrogens is 6. The number of alkyl halides is 2. The number of piperidine rings is 1. The quantitative estimate of drug-likeness (QED) is 0.461. The summed E-state index contributed by atoms with van der Waals surface area (Å²) >= 11 is 0. The fourth-order valence-corrected chi connectivity index (χ4v) is 4.24. The van der Waals surface area contributed by atoms with Crippen molar-refractivity contribution in [2.24, 2.45) is 0 Å². The summed E-state index contributed by atoms with van der Waals surface area (Å²) < 4.78 is 44.5. The van der Waals surface area contributed by atoms with Crippen molar-refractivity contribution in [3.63, 3.8) is 0 Å². The Hall–Kier alpha value is -3.83. The van der Waals surface area contributed by atoms with Crippen LogP contribution < -0.4 is 10.1 Å². The van der Waals surface area contributed by atoms with Crippen LogP contribution in [-0.2, 0) is 11.3 Å². The smallest absolute Gasteiger partial charge is 0.244 e. The summed E-state index contributed by atoms with van der Waals surface area (Å²) in [6.07, 6.45) is -0.809. The van der Waals surface area contributed by atoms with Crippen LogP contribution in [0.25, 0.3) is 27.7 Å². The molecule has 178 valence electrons. The Morgan fingerprint density at radius 1 is 1.38 bits per heavy atom. The van der Waals surface area contributed by atoms with Gasteiger partial charge in [-0.2, -0.15) is 4.98 Å². The number of fused-ring (bicyclic) bond motifs is 2. The first-order valence-electron chi connectivity index (χ1n) is 11.4. The van der Waals surface area contributed by atoms with E-state index in [9.17, 15) is 13.6 Å². The van der Waals surface area contributed by atoms with Crippen LogP contribution in [0.5, 0.6) is 5.88 Å². The molecule has 0 bridgehead atoms. The van der Waals surface area contributed by atoms with Crippen LogP contribution in [-0.4, -0.2) is 79.5 Å². The van der Waals surface area contributed by atoms with Crippen molar-refractivity contribution in [2.75, 3.05) is 32.2 Å². The highest BCUT2D eigenvalue weighted by atomic mass is 19.1. The molecule has 0 aliphatic carbocycles. The minimum atomic E-state index is -1.29. The van der Waals surface area contributed by atoms with Crippen LogP contribution in [0, 0.1) is 0 Å². The first-order valence-corrected chi connectivity index (χ1v) is 10.9. The number of benzene rings is 1. The van der Waals surface area contributed by atoms with E-state index in [0.29, 0.717) is 35.1 Å². The lowest BCUT2D eigenvalue weighted by Gasteiger charge is -2.34. The maximum absolute atomic E-state index is 14.7. The Labute approximate surface area is 194 Å². The number of hydrogen-bond acceptors (Lipinski definition) is 7. The number of hydrogen-bond donors (Lipinski definition) is 1. The van der Waals surface area contributed by atoms with E-state index < -0.39 is 18.9 Å². The largest absolute Gasteiger partial charge is 0.479 e. The Bertz CT molecular complexity index is 1410. The van der Waals surface area contributed by atoms with Gasteiger partial charge in [0.15, 0.2) is 0 Å². The Morgan fingerprint density at radius 3 is 2.97 bits per heavy atom. The number of rotatable bonds is 6. The molecule has 1 N–H and O–H groups in total. The summed E-state index contributed by atoms with van der Waals surface area (Å²) in [6, 6.07) is 6.47. The van der Waals surface area contributed by atoms with Crippen LogP contribution in [0.3, 0.4) is 0 Å². The molecule has 0 unspecified atom stereocenters. The molecule has 1 aliphatic rings. The van der Waals surface area contributed by atoms with Crippen molar-refractivity contribution in [2.45, 2.75) is 32.1 Å². The summed E-state index contributed by atoms with van der Waals surface area (Å²) in [4.78, 5) is 17.5. The zero-order chi connectivity index (χ0) is 24.7. The van der Waals surface area contributed by atoms with Gasteiger partial charge >= 0.3 is 0 Å². The number of methoxy groups -OCH3 is 1. The first kappa shape index (κ1) is 20.8. The van der Waals surface area contributed by atoms with Gasteiger partial charge in [0.2, 0.25) is 17.7 Å². The van der Waals surface area contributed by atoms with Crippen LogP contribution in [0.4, 0.5) is 14.7 Å². The molecule has 12 heteroatoms. The van der Waals surface area contributed by atoms with E-state index in [1.807, 2.05) is 12.1 Å². The molecular weight excluding hydrogens is 446 g/mol. The summed E-state index contributed by atoms with van der Waals surface area (Å²) in [6.45, 7) is 1.37. The predicted octanol–water partition coefficient (Wildman–Crippen LogP) is 2.49. The van der Waals surface area contributed by atoms with E-state index in [2.05, 4.69) is 25.7 Å². The molecule has 4 heterocycles. The van der Waals surface area contributed by atoms with E-state index in [4.69, 9.17) is 6.11 Å². The molecule has 5 rings (SSSR count). The van der Waals surface area contributed by atoms with Gasteiger partial charge in [0.1, 0.15) is 23.9 Å². The molecule has 3 aromatic heterocycles. The van der Waals surface area contributed by atoms with Crippen molar-refractivity contribution in [1.29, 1.82) is 0 Å². The van der Waals surface area contributed by atoms with Crippen molar-refractivity contribution >= 4 is 28.4 Å². The van der Waals surface area contributed by atoms with Gasteiger partial charge in [-0.1, -0.05) is 11.3 Å². The number of halogens is 2. The minimum absolute atomic E-state index is 0.0000652. The molecule has 1 aliphatic heterocycles. The number of amides is 1. The fraction of sp³-hybridized carbons (Fsp3) is 0.409. The van der Waals surface area contributed by atoms with Gasteiger partial charge in [-0.05, 0) is 30.2 Å². The van der Waals surface area contributed by atoms with Crippen LogP contribution in [0.2, 0.25) is 0 Å². The highest BCUT2D eigenvalue weighted by molar-refractivity contribution is 5.89. The summed E-state index contributed by atoms with van der Waals surface area (Å²) in [5.74, 6) is 0.170. The predicted molar refractivity (Wildman–Crippen MR) is 121 cm³/mol. The van der Waals surface area contributed by atoms with Gasteiger partial charge in [0, 0.05) is 25.2 Å². The van der Waals surface area contributed by atoms with E-state index in [-0.39, 0.29) is 37.0 Å². The molecule has 1 amide bonds. The van der Waals surface area contributed by atoms with E-state index in [0.717, 1.165) is 5.56 Å². The second-order valence-corrected chi connectivity index (χ2v) is 8.12. The van der Waals surface area contributed by atoms with E-state index in [1.165, 1.54) is 28.1 Å². The topological polar surface area (TPSA) is 102 Å². The molecule has 10 nitrogen and oxygen atoms in total. The maximum atomic E-state index is 14.7. The Kier molecular flexibility index (Phi) is 5.40. The number of ether oxygens (including phenoxy) is 1. The normalized spacial score (nSPS) is 18.9. The second-order valence-electron chi connectivity index (χ2n) is 8.12. The molecule has 2 atom stereocenters. The highest BCUT2D eigenvalue weighted by Gasteiger charge is 2.31. The third-order valence-electron chi connectivity index (χ3n) is 6.02. The first-order chi connectivity index (χ1) is 16.9. The fourth-order valence-electron chi connectivity index (χ4n) is 4.24. The number of aryl methyl sites for hydroxylation is 1. The molecule has 1 aromatic carbocycles. The lowest BCUT2D eigenvalue weighted by atomic mass is 10.0. The monoisotopic (exact) mass is 471 g/mol. The zero-order valence-electron chi connectivity index (χ0n) is 19.7. The van der Waals surface area contributed by atoms with Crippen molar-refractivity contribution in [3.8, 4) is 17.0 Å². The lowest BCUT2D eigenvalue weighted by Crippen LogP contribution is -2.49. The molecule has 4 aromatic rings. The molecule has 0 radical (unpaired) electrons. The van der Waals surface area contributed by atoms with Gasteiger partial charge in [0.05, 0.1) is 33.1 Å². The molecule has 34 heavy (non-hydrogen) atoms. The molecule has 1 fully saturated rings. The number of likely N-dealkylation sites (tertiary alicyclic amines) is 1. The van der Waals surface area contributed by atoms with E-state index in [1.54, 1.807) is 12.1 Å². The average molecular weight is 471 g/mol. The van der Waals surface area contributed by atoms with Crippen LogP contribution in [0.1, 0.15) is 14.7 Å². The number of carbonyl (C=O) groups excluding carboxylic acids is 1. The average Bonchev–Trinajstić information content (AvgIpc) is 3.40. The summed E-state index contributed by atoms with van der Waals surface area (Å²) in [7, 11) is 1.46. The SMILES string of the molecule is [2H]c1cc(-c2ccc3nnn(CCF)c3c2)c2c(OC)nc(N[C@H]3CCN(C(C)=O)C[C@H]3F)nn12. The van der Waals surface area contributed by atoms with E-state index >= 15 is 0 Å². The molecule has 0 saturated carbocycles. The number of nitrogens with one attached hydrogen (secondary N) is 1. The second kappa shape index (κ2) is 8.84. The third-order valence-corrected chi connectivity index (χ3v) is 6.02. The molecular formula is C22H24F2N8O2. The minimum Gasteiger partial charge on any atom is -0.479 e. The molecule has 1 saturated heterocycles. The highest BCUT2D eigenvalue weighted by Crippen LogP contribution is 2.33. The summed E-state index contributed by atoms with van der Waals surface area (Å²) in [5, 5.41) is 15.5. The maximum Gasteiger partial charge on any atom is 0.244 e. The van der Waals surface area contributed by atoms with Gasteiger partial charge in [-0.25, -0.2) is 18.0 Å². The summed E-state index contributed by atoms with van der Waals surface area (Å²) in [5.41, 5.74) is 3.14. The number of anilines is 1. The van der Waals surface area contributed by atoms with Gasteiger partial charge in [-0.3, -0.25) is 4.79 Å².